The van der Waals surface area contributed by atoms with E-state index in [1.807, 2.05) is 24.3 Å². The molecule has 0 aliphatic carbocycles. The molecule has 0 fully saturated rings. The van der Waals surface area contributed by atoms with Crippen LogP contribution in [0.5, 0.6) is 23.0 Å². The maximum atomic E-state index is 13.0. The van der Waals surface area contributed by atoms with Crippen molar-refractivity contribution < 1.29 is 28.7 Å². The average Bonchev–Trinajstić information content (AvgIpc) is 2.71. The molecule has 1 aliphatic heterocycles. The second kappa shape index (κ2) is 8.03. The summed E-state index contributed by atoms with van der Waals surface area (Å²) in [6.07, 6.45) is 0.543. The van der Waals surface area contributed by atoms with Crippen LogP contribution in [0.2, 0.25) is 0 Å². The van der Waals surface area contributed by atoms with E-state index in [1.54, 1.807) is 0 Å². The number of carbonyl (C=O) groups excluding carboxylic acids is 1. The maximum absolute atomic E-state index is 13.0. The van der Waals surface area contributed by atoms with Gasteiger partial charge < -0.3 is 24.3 Å². The van der Waals surface area contributed by atoms with Crippen molar-refractivity contribution in [1.29, 1.82) is 0 Å². The number of methoxy groups -OCH3 is 3. The van der Waals surface area contributed by atoms with Crippen molar-refractivity contribution in [2.24, 2.45) is 0 Å². The summed E-state index contributed by atoms with van der Waals surface area (Å²) in [6, 6.07) is 8.29. The van der Waals surface area contributed by atoms with Gasteiger partial charge in [0.25, 0.3) is 5.91 Å². The minimum Gasteiger partial charge on any atom is -0.493 e. The van der Waals surface area contributed by atoms with Gasteiger partial charge in [-0.2, -0.15) is 0 Å². The summed E-state index contributed by atoms with van der Waals surface area (Å²) in [5, 5.41) is 14.5. The van der Waals surface area contributed by atoms with Gasteiger partial charge in [0.1, 0.15) is 11.3 Å². The van der Waals surface area contributed by atoms with Crippen molar-refractivity contribution in [1.82, 2.24) is 5.32 Å². The van der Waals surface area contributed by atoms with Crippen LogP contribution in [-0.4, -0.2) is 38.8 Å². The van der Waals surface area contributed by atoms with Gasteiger partial charge in [0.2, 0.25) is 11.5 Å². The lowest BCUT2D eigenvalue weighted by atomic mass is 10.00. The molecule has 1 aliphatic rings. The number of carbonyl (C=O) groups is 1. The molecule has 148 valence electrons. The Hall–Kier alpha value is -3.49. The smallest absolute Gasteiger partial charge is 0.327 e. The molecule has 2 aromatic carbocycles. The number of ether oxygens (including phenoxy) is 4. The summed E-state index contributed by atoms with van der Waals surface area (Å²) >= 11 is 0. The van der Waals surface area contributed by atoms with Gasteiger partial charge in [-0.1, -0.05) is 18.2 Å². The van der Waals surface area contributed by atoms with Crippen LogP contribution < -0.4 is 24.3 Å². The molecular formula is C19H20N2O7. The predicted octanol–water partition coefficient (Wildman–Crippen LogP) is 2.87. The summed E-state index contributed by atoms with van der Waals surface area (Å²) in [6.45, 7) is 0.430. The zero-order valence-corrected chi connectivity index (χ0v) is 15.7. The monoisotopic (exact) mass is 388 g/mol. The standard InChI is InChI=1S/C19H20N2O7/c1-25-15-10-12(16(21(23)24)18(27-3)17(15)26-2)19(22)20-13-8-9-28-14-7-5-4-6-11(13)14/h4-7,10,13H,8-9H2,1-3H3,(H,20,22)/t13-/m0/s1. The number of para-hydroxylation sites is 1. The van der Waals surface area contributed by atoms with Crippen LogP contribution in [0, 0.1) is 10.1 Å². The predicted molar refractivity (Wildman–Crippen MR) is 99.5 cm³/mol. The summed E-state index contributed by atoms with van der Waals surface area (Å²) in [4.78, 5) is 24.0. The lowest BCUT2D eigenvalue weighted by molar-refractivity contribution is -0.386. The van der Waals surface area contributed by atoms with Gasteiger partial charge in [0.05, 0.1) is 38.9 Å². The van der Waals surface area contributed by atoms with E-state index >= 15 is 0 Å². The molecule has 0 saturated heterocycles. The number of hydrogen-bond acceptors (Lipinski definition) is 7. The van der Waals surface area contributed by atoms with Crippen molar-refractivity contribution >= 4 is 11.6 Å². The Labute approximate surface area is 161 Å². The van der Waals surface area contributed by atoms with Crippen molar-refractivity contribution in [2.45, 2.75) is 12.5 Å². The van der Waals surface area contributed by atoms with E-state index in [1.165, 1.54) is 27.4 Å². The van der Waals surface area contributed by atoms with Crippen LogP contribution in [0.15, 0.2) is 30.3 Å². The van der Waals surface area contributed by atoms with Crippen LogP contribution in [0.4, 0.5) is 5.69 Å². The van der Waals surface area contributed by atoms with Crippen LogP contribution in [-0.2, 0) is 0 Å². The van der Waals surface area contributed by atoms with Gasteiger partial charge in [0, 0.05) is 18.1 Å². The topological polar surface area (TPSA) is 109 Å². The Kier molecular flexibility index (Phi) is 5.53. The van der Waals surface area contributed by atoms with E-state index in [2.05, 4.69) is 5.32 Å². The third-order valence-electron chi connectivity index (χ3n) is 4.49. The first-order chi connectivity index (χ1) is 13.5. The molecule has 9 heteroatoms. The van der Waals surface area contributed by atoms with Gasteiger partial charge in [-0.25, -0.2) is 0 Å². The first kappa shape index (κ1) is 19.3. The fourth-order valence-corrected chi connectivity index (χ4v) is 3.22. The third-order valence-corrected chi connectivity index (χ3v) is 4.49. The Bertz CT molecular complexity index is 913. The highest BCUT2D eigenvalue weighted by Gasteiger charge is 2.34. The van der Waals surface area contributed by atoms with Gasteiger partial charge in [-0.15, -0.1) is 0 Å². The van der Waals surface area contributed by atoms with Crippen LogP contribution >= 0.6 is 0 Å². The minimum atomic E-state index is -0.673. The Balaban J connectivity index is 2.03. The second-order valence-corrected chi connectivity index (χ2v) is 6.00. The number of hydrogen-bond donors (Lipinski definition) is 1. The fraction of sp³-hybridized carbons (Fsp3) is 0.316. The minimum absolute atomic E-state index is 0.0460. The zero-order valence-electron chi connectivity index (χ0n) is 15.7. The lowest BCUT2D eigenvalue weighted by Crippen LogP contribution is -2.32. The fourth-order valence-electron chi connectivity index (χ4n) is 3.22. The van der Waals surface area contributed by atoms with Gasteiger partial charge in [0.15, 0.2) is 5.75 Å². The highest BCUT2D eigenvalue weighted by Crippen LogP contribution is 2.46. The number of nitrogens with zero attached hydrogens (tertiary/aromatic N) is 1. The Morgan fingerprint density at radius 1 is 1.18 bits per heavy atom. The maximum Gasteiger partial charge on any atom is 0.327 e. The van der Waals surface area contributed by atoms with Crippen LogP contribution in [0.25, 0.3) is 0 Å². The number of nitrogens with one attached hydrogen (secondary N) is 1. The van der Waals surface area contributed by atoms with Gasteiger partial charge in [-0.05, 0) is 6.07 Å². The number of benzene rings is 2. The molecule has 3 rings (SSSR count). The molecule has 2 aromatic rings. The molecule has 1 heterocycles. The Morgan fingerprint density at radius 2 is 1.89 bits per heavy atom. The Morgan fingerprint density at radius 3 is 2.54 bits per heavy atom. The molecule has 0 unspecified atom stereocenters. The normalized spacial score (nSPS) is 15.0. The molecule has 9 nitrogen and oxygen atoms in total. The lowest BCUT2D eigenvalue weighted by Gasteiger charge is -2.26. The molecule has 0 radical (unpaired) electrons. The largest absolute Gasteiger partial charge is 0.493 e. The second-order valence-electron chi connectivity index (χ2n) is 6.00. The molecule has 28 heavy (non-hydrogen) atoms. The zero-order chi connectivity index (χ0) is 20.3. The molecule has 0 aromatic heterocycles. The van der Waals surface area contributed by atoms with Crippen molar-refractivity contribution in [3.05, 3.63) is 51.6 Å². The highest BCUT2D eigenvalue weighted by atomic mass is 16.6. The SMILES string of the molecule is COc1cc(C(=O)N[C@H]2CCOc3ccccc32)c([N+](=O)[O-])c(OC)c1OC. The van der Waals surface area contributed by atoms with Crippen molar-refractivity contribution in [3.63, 3.8) is 0 Å². The number of nitro benzene ring substituents is 1. The molecule has 1 atom stereocenters. The van der Waals surface area contributed by atoms with Gasteiger partial charge in [-0.3, -0.25) is 14.9 Å². The van der Waals surface area contributed by atoms with E-state index in [-0.39, 0.29) is 28.9 Å². The van der Waals surface area contributed by atoms with E-state index in [0.717, 1.165) is 5.56 Å². The first-order valence-corrected chi connectivity index (χ1v) is 8.51. The van der Waals surface area contributed by atoms with E-state index in [9.17, 15) is 14.9 Å². The average molecular weight is 388 g/mol. The van der Waals surface area contributed by atoms with E-state index < -0.39 is 16.5 Å². The van der Waals surface area contributed by atoms with E-state index in [0.29, 0.717) is 18.8 Å². The van der Waals surface area contributed by atoms with Crippen LogP contribution in [0.1, 0.15) is 28.4 Å². The molecule has 1 N–H and O–H groups in total. The third kappa shape index (κ3) is 3.38. The summed E-state index contributed by atoms with van der Waals surface area (Å²) in [7, 11) is 3.98. The number of rotatable bonds is 6. The quantitative estimate of drug-likeness (QED) is 0.598. The number of amides is 1. The van der Waals surface area contributed by atoms with Gasteiger partial charge >= 0.3 is 5.69 Å². The summed E-state index contributed by atoms with van der Waals surface area (Å²) < 4.78 is 21.2. The van der Waals surface area contributed by atoms with Crippen molar-refractivity contribution in [2.75, 3.05) is 27.9 Å². The molecule has 0 saturated carbocycles. The first-order valence-electron chi connectivity index (χ1n) is 8.51. The van der Waals surface area contributed by atoms with E-state index in [4.69, 9.17) is 18.9 Å². The highest BCUT2D eigenvalue weighted by molar-refractivity contribution is 6.01. The molecule has 0 bridgehead atoms. The number of nitro groups is 1. The molecule has 0 spiro atoms. The molecular weight excluding hydrogens is 368 g/mol. The summed E-state index contributed by atoms with van der Waals surface area (Å²) in [5.74, 6) is 0.0858. The molecule has 1 amide bonds. The van der Waals surface area contributed by atoms with Crippen molar-refractivity contribution in [3.8, 4) is 23.0 Å². The van der Waals surface area contributed by atoms with Crippen LogP contribution in [0.3, 0.4) is 0 Å². The summed E-state index contributed by atoms with van der Waals surface area (Å²) in [5.41, 5.74) is 0.152. The number of fused-ring (bicyclic) bond motifs is 1.